The minimum atomic E-state index is -3.87. The first kappa shape index (κ1) is 12.7. The Morgan fingerprint density at radius 1 is 1.33 bits per heavy atom. The molecule has 0 aromatic heterocycles. The highest BCUT2D eigenvalue weighted by Crippen LogP contribution is 2.29. The Hall–Kier alpha value is -0.330. The zero-order chi connectivity index (χ0) is 11.5. The van der Waals surface area contributed by atoms with E-state index >= 15 is 0 Å². The molecular weight excluding hydrogens is 266 g/mol. The molecular formula is C8H7ClF2O2S2. The van der Waals surface area contributed by atoms with Crippen LogP contribution >= 0.6 is 22.4 Å². The van der Waals surface area contributed by atoms with Gasteiger partial charge in [0.1, 0.15) is 0 Å². The van der Waals surface area contributed by atoms with Crippen LogP contribution in [-0.2, 0) is 9.05 Å². The number of alkyl halides is 2. The van der Waals surface area contributed by atoms with E-state index in [-0.39, 0.29) is 9.79 Å². The van der Waals surface area contributed by atoms with Crippen molar-refractivity contribution in [1.29, 1.82) is 0 Å². The zero-order valence-corrected chi connectivity index (χ0v) is 9.75. The fourth-order valence-electron chi connectivity index (χ4n) is 0.924. The van der Waals surface area contributed by atoms with Crippen molar-refractivity contribution in [2.45, 2.75) is 16.2 Å². The highest BCUT2D eigenvalue weighted by Gasteiger charge is 2.16. The summed E-state index contributed by atoms with van der Waals surface area (Å²) in [5.41, 5.74) is 0. The molecule has 0 saturated carbocycles. The quantitative estimate of drug-likeness (QED) is 0.624. The number of halogens is 3. The van der Waals surface area contributed by atoms with Crippen LogP contribution in [0.4, 0.5) is 8.78 Å². The van der Waals surface area contributed by atoms with E-state index in [1.165, 1.54) is 18.2 Å². The van der Waals surface area contributed by atoms with Crippen LogP contribution in [0, 0.1) is 0 Å². The number of benzene rings is 1. The maximum atomic E-state index is 11.9. The van der Waals surface area contributed by atoms with Gasteiger partial charge in [-0.15, -0.1) is 11.8 Å². The molecule has 0 N–H and O–H groups in total. The third kappa shape index (κ3) is 3.96. The third-order valence-electron chi connectivity index (χ3n) is 1.48. The van der Waals surface area contributed by atoms with Gasteiger partial charge in [-0.05, 0) is 12.1 Å². The summed E-state index contributed by atoms with van der Waals surface area (Å²) in [6.45, 7) is 0. The van der Waals surface area contributed by atoms with Crippen molar-refractivity contribution < 1.29 is 17.2 Å². The SMILES string of the molecule is O=S(=O)(Cl)c1ccccc1SCC(F)F. The van der Waals surface area contributed by atoms with Crippen molar-refractivity contribution in [1.82, 2.24) is 0 Å². The summed E-state index contributed by atoms with van der Waals surface area (Å²) in [6.07, 6.45) is -2.49. The van der Waals surface area contributed by atoms with Gasteiger partial charge in [0.25, 0.3) is 9.05 Å². The average Bonchev–Trinajstić information content (AvgIpc) is 2.13. The molecule has 0 unspecified atom stereocenters. The molecule has 0 aliphatic carbocycles. The predicted molar refractivity (Wildman–Crippen MR) is 56.2 cm³/mol. The van der Waals surface area contributed by atoms with E-state index in [1.54, 1.807) is 6.07 Å². The highest BCUT2D eigenvalue weighted by molar-refractivity contribution is 8.14. The summed E-state index contributed by atoms with van der Waals surface area (Å²) >= 11 is 0.768. The van der Waals surface area contributed by atoms with E-state index in [0.29, 0.717) is 0 Å². The van der Waals surface area contributed by atoms with E-state index in [4.69, 9.17) is 10.7 Å². The van der Waals surface area contributed by atoms with Crippen molar-refractivity contribution in [2.24, 2.45) is 0 Å². The minimum absolute atomic E-state index is 0.127. The lowest BCUT2D eigenvalue weighted by atomic mass is 10.4. The summed E-state index contributed by atoms with van der Waals surface area (Å²) in [7, 11) is 1.28. The Kier molecular flexibility index (Phi) is 4.36. The Morgan fingerprint density at radius 2 is 1.93 bits per heavy atom. The van der Waals surface area contributed by atoms with Crippen molar-refractivity contribution in [3.63, 3.8) is 0 Å². The summed E-state index contributed by atoms with van der Waals surface area (Å²) in [5.74, 6) is -0.455. The van der Waals surface area contributed by atoms with Gasteiger partial charge in [-0.1, -0.05) is 12.1 Å². The van der Waals surface area contributed by atoms with Crippen LogP contribution in [0.1, 0.15) is 0 Å². The highest BCUT2D eigenvalue weighted by atomic mass is 35.7. The molecule has 1 aromatic carbocycles. The second kappa shape index (κ2) is 5.14. The lowest BCUT2D eigenvalue weighted by Crippen LogP contribution is -1.97. The molecule has 0 fully saturated rings. The van der Waals surface area contributed by atoms with E-state index in [9.17, 15) is 17.2 Å². The Balaban J connectivity index is 2.98. The van der Waals surface area contributed by atoms with Crippen molar-refractivity contribution in [3.05, 3.63) is 24.3 Å². The minimum Gasteiger partial charge on any atom is -0.210 e. The van der Waals surface area contributed by atoms with Gasteiger partial charge in [0.2, 0.25) is 6.43 Å². The lowest BCUT2D eigenvalue weighted by molar-refractivity contribution is 0.177. The zero-order valence-electron chi connectivity index (χ0n) is 7.36. The standard InChI is InChI=1S/C8H7ClF2O2S2/c9-15(12,13)7-4-2-1-3-6(7)14-5-8(10)11/h1-4,8H,5H2. The maximum absolute atomic E-state index is 11.9. The number of hydrogen-bond donors (Lipinski definition) is 0. The van der Waals surface area contributed by atoms with Crippen LogP contribution in [0.25, 0.3) is 0 Å². The van der Waals surface area contributed by atoms with Gasteiger partial charge in [-0.2, -0.15) is 0 Å². The molecule has 0 aliphatic rings. The Bertz CT molecular complexity index is 434. The molecule has 0 heterocycles. The van der Waals surface area contributed by atoms with Crippen molar-refractivity contribution in [2.75, 3.05) is 5.75 Å². The first-order valence-electron chi connectivity index (χ1n) is 3.86. The monoisotopic (exact) mass is 272 g/mol. The lowest BCUT2D eigenvalue weighted by Gasteiger charge is -2.05. The molecule has 7 heteroatoms. The molecule has 0 radical (unpaired) electrons. The van der Waals surface area contributed by atoms with Crippen molar-refractivity contribution in [3.8, 4) is 0 Å². The number of thioether (sulfide) groups is 1. The molecule has 0 amide bonds. The second-order valence-electron chi connectivity index (χ2n) is 2.59. The third-order valence-corrected chi connectivity index (χ3v) is 4.07. The van der Waals surface area contributed by atoms with E-state index in [1.807, 2.05) is 0 Å². The van der Waals surface area contributed by atoms with Crippen LogP contribution in [0.15, 0.2) is 34.1 Å². The topological polar surface area (TPSA) is 34.1 Å². The van der Waals surface area contributed by atoms with Crippen molar-refractivity contribution >= 4 is 31.5 Å². The predicted octanol–water partition coefficient (Wildman–Crippen LogP) is 2.97. The summed E-state index contributed by atoms with van der Waals surface area (Å²) in [6, 6.07) is 5.79. The van der Waals surface area contributed by atoms with Gasteiger partial charge >= 0.3 is 0 Å². The number of rotatable bonds is 4. The van der Waals surface area contributed by atoms with Gasteiger partial charge in [0, 0.05) is 15.6 Å². The summed E-state index contributed by atoms with van der Waals surface area (Å²) in [4.78, 5) is 0.116. The largest absolute Gasteiger partial charge is 0.262 e. The summed E-state index contributed by atoms with van der Waals surface area (Å²) in [5, 5.41) is 0. The smallest absolute Gasteiger partial charge is 0.210 e. The van der Waals surface area contributed by atoms with Crippen LogP contribution in [-0.4, -0.2) is 20.6 Å². The van der Waals surface area contributed by atoms with E-state index < -0.39 is 21.2 Å². The molecule has 0 spiro atoms. The molecule has 1 aromatic rings. The van der Waals surface area contributed by atoms with E-state index in [0.717, 1.165) is 11.8 Å². The Morgan fingerprint density at radius 3 is 2.47 bits per heavy atom. The molecule has 84 valence electrons. The molecule has 0 atom stereocenters. The number of hydrogen-bond acceptors (Lipinski definition) is 3. The maximum Gasteiger partial charge on any atom is 0.262 e. The average molecular weight is 273 g/mol. The first-order chi connectivity index (χ1) is 6.91. The Labute approximate surface area is 95.0 Å². The molecule has 0 aliphatic heterocycles. The second-order valence-corrected chi connectivity index (χ2v) is 6.18. The van der Waals surface area contributed by atoms with Crippen LogP contribution in [0.2, 0.25) is 0 Å². The van der Waals surface area contributed by atoms with E-state index in [2.05, 4.69) is 0 Å². The van der Waals surface area contributed by atoms with Gasteiger partial charge in [-0.3, -0.25) is 0 Å². The van der Waals surface area contributed by atoms with Gasteiger partial charge < -0.3 is 0 Å². The fourth-order valence-corrected chi connectivity index (χ4v) is 3.21. The van der Waals surface area contributed by atoms with Gasteiger partial charge in [0.15, 0.2) is 0 Å². The molecule has 2 nitrogen and oxygen atoms in total. The molecule has 0 bridgehead atoms. The van der Waals surface area contributed by atoms with Crippen LogP contribution in [0.5, 0.6) is 0 Å². The van der Waals surface area contributed by atoms with Crippen LogP contribution in [0.3, 0.4) is 0 Å². The summed E-state index contributed by atoms with van der Waals surface area (Å²) < 4.78 is 46.0. The molecule has 1 rings (SSSR count). The van der Waals surface area contributed by atoms with Gasteiger partial charge in [-0.25, -0.2) is 17.2 Å². The van der Waals surface area contributed by atoms with Crippen LogP contribution < -0.4 is 0 Å². The fraction of sp³-hybridized carbons (Fsp3) is 0.250. The normalized spacial score (nSPS) is 12.0. The van der Waals surface area contributed by atoms with Gasteiger partial charge in [0.05, 0.1) is 10.6 Å². The molecule has 0 saturated heterocycles. The first-order valence-corrected chi connectivity index (χ1v) is 7.15. The molecule has 15 heavy (non-hydrogen) atoms.